The van der Waals surface area contributed by atoms with Crippen LogP contribution in [0, 0.1) is 0 Å². The van der Waals surface area contributed by atoms with Gasteiger partial charge in [0.15, 0.2) is 0 Å². The Labute approximate surface area is 134 Å². The summed E-state index contributed by atoms with van der Waals surface area (Å²) in [6, 6.07) is 16.6. The van der Waals surface area contributed by atoms with Gasteiger partial charge in [0.1, 0.15) is 0 Å². The van der Waals surface area contributed by atoms with Crippen molar-refractivity contribution < 1.29 is 5.11 Å². The average molecular weight is 349 g/mol. The molecule has 112 valence electrons. The second kappa shape index (κ2) is 8.05. The Morgan fingerprint density at radius 3 is 2.29 bits per heavy atom. The number of anilines is 2. The Morgan fingerprint density at radius 2 is 1.71 bits per heavy atom. The zero-order valence-electron chi connectivity index (χ0n) is 12.2. The molecule has 0 fully saturated rings. The number of nitrogens with zero attached hydrogens (tertiary/aromatic N) is 1. The molecular weight excluding hydrogens is 328 g/mol. The van der Waals surface area contributed by atoms with Gasteiger partial charge in [0.2, 0.25) is 0 Å². The minimum atomic E-state index is 0.178. The molecule has 4 heteroatoms. The van der Waals surface area contributed by atoms with Gasteiger partial charge in [0.05, 0.1) is 6.61 Å². The quantitative estimate of drug-likeness (QED) is 0.796. The molecule has 0 radical (unpaired) electrons. The number of benzene rings is 2. The Hall–Kier alpha value is -1.52. The first kappa shape index (κ1) is 15.9. The van der Waals surface area contributed by atoms with Crippen LogP contribution in [-0.4, -0.2) is 24.8 Å². The summed E-state index contributed by atoms with van der Waals surface area (Å²) in [5.74, 6) is 0. The van der Waals surface area contributed by atoms with E-state index in [1.54, 1.807) is 0 Å². The van der Waals surface area contributed by atoms with Gasteiger partial charge in [-0.05, 0) is 48.9 Å². The molecule has 0 amide bonds. The van der Waals surface area contributed by atoms with Crippen molar-refractivity contribution in [2.45, 2.75) is 13.5 Å². The second-order valence-electron chi connectivity index (χ2n) is 4.83. The molecule has 2 aromatic rings. The molecule has 0 atom stereocenters. The number of likely N-dealkylation sites (N-methyl/N-ethyl adjacent to an activating group) is 1. The highest BCUT2D eigenvalue weighted by Gasteiger charge is 2.03. The van der Waals surface area contributed by atoms with E-state index >= 15 is 0 Å². The second-order valence-corrected chi connectivity index (χ2v) is 5.75. The molecule has 0 unspecified atom stereocenters. The summed E-state index contributed by atoms with van der Waals surface area (Å²) >= 11 is 3.44. The molecule has 0 saturated carbocycles. The molecule has 2 N–H and O–H groups in total. The maximum atomic E-state index is 9.06. The largest absolute Gasteiger partial charge is 0.395 e. The number of aliphatic hydroxyl groups is 1. The van der Waals surface area contributed by atoms with E-state index in [2.05, 4.69) is 69.5 Å². The van der Waals surface area contributed by atoms with Crippen LogP contribution in [0.25, 0.3) is 0 Å². The van der Waals surface area contributed by atoms with Crippen LogP contribution in [-0.2, 0) is 6.54 Å². The minimum Gasteiger partial charge on any atom is -0.395 e. The lowest BCUT2D eigenvalue weighted by Gasteiger charge is -2.22. The van der Waals surface area contributed by atoms with Gasteiger partial charge in [-0.15, -0.1) is 0 Å². The SMILES string of the molecule is CCN(CCO)c1ccc(NCc2ccc(Br)cc2)cc1. The van der Waals surface area contributed by atoms with Crippen molar-refractivity contribution in [3.63, 3.8) is 0 Å². The highest BCUT2D eigenvalue weighted by atomic mass is 79.9. The van der Waals surface area contributed by atoms with Gasteiger partial charge in [0, 0.05) is 35.5 Å². The topological polar surface area (TPSA) is 35.5 Å². The maximum Gasteiger partial charge on any atom is 0.0606 e. The summed E-state index contributed by atoms with van der Waals surface area (Å²) in [5.41, 5.74) is 3.49. The highest BCUT2D eigenvalue weighted by molar-refractivity contribution is 9.10. The lowest BCUT2D eigenvalue weighted by molar-refractivity contribution is 0.302. The molecule has 0 aliphatic heterocycles. The predicted octanol–water partition coefficient (Wildman–Crippen LogP) is 3.88. The average Bonchev–Trinajstić information content (AvgIpc) is 2.53. The van der Waals surface area contributed by atoms with Crippen molar-refractivity contribution in [1.29, 1.82) is 0 Å². The number of hydrogen-bond acceptors (Lipinski definition) is 3. The fourth-order valence-corrected chi connectivity index (χ4v) is 2.45. The van der Waals surface area contributed by atoms with Crippen molar-refractivity contribution in [2.75, 3.05) is 29.9 Å². The summed E-state index contributed by atoms with van der Waals surface area (Å²) in [4.78, 5) is 2.15. The number of hydrogen-bond donors (Lipinski definition) is 2. The molecule has 21 heavy (non-hydrogen) atoms. The molecule has 2 rings (SSSR count). The van der Waals surface area contributed by atoms with Gasteiger partial charge in [-0.2, -0.15) is 0 Å². The van der Waals surface area contributed by atoms with Gasteiger partial charge in [0.25, 0.3) is 0 Å². The van der Waals surface area contributed by atoms with Crippen LogP contribution >= 0.6 is 15.9 Å². The normalized spacial score (nSPS) is 10.4. The van der Waals surface area contributed by atoms with Crippen LogP contribution in [0.4, 0.5) is 11.4 Å². The van der Waals surface area contributed by atoms with Gasteiger partial charge in [-0.1, -0.05) is 28.1 Å². The van der Waals surface area contributed by atoms with E-state index in [1.807, 2.05) is 12.1 Å². The van der Waals surface area contributed by atoms with E-state index in [0.29, 0.717) is 6.54 Å². The molecule has 2 aromatic carbocycles. The summed E-state index contributed by atoms with van der Waals surface area (Å²) in [6.07, 6.45) is 0. The standard InChI is InChI=1S/C17H21BrN2O/c1-2-20(11-12-21)17-9-7-16(8-10-17)19-13-14-3-5-15(18)6-4-14/h3-10,19,21H,2,11-13H2,1H3. The molecule has 3 nitrogen and oxygen atoms in total. The van der Waals surface area contributed by atoms with Gasteiger partial charge < -0.3 is 15.3 Å². The predicted molar refractivity (Wildman–Crippen MR) is 92.9 cm³/mol. The molecule has 0 bridgehead atoms. The smallest absolute Gasteiger partial charge is 0.0606 e. The van der Waals surface area contributed by atoms with Crippen LogP contribution in [0.5, 0.6) is 0 Å². The van der Waals surface area contributed by atoms with Crippen LogP contribution < -0.4 is 10.2 Å². The summed E-state index contributed by atoms with van der Waals surface area (Å²) in [7, 11) is 0. The molecule has 0 spiro atoms. The first-order chi connectivity index (χ1) is 10.2. The minimum absolute atomic E-state index is 0.178. The molecule has 0 aromatic heterocycles. The van der Waals surface area contributed by atoms with Crippen molar-refractivity contribution >= 4 is 27.3 Å². The number of rotatable bonds is 7. The fourth-order valence-electron chi connectivity index (χ4n) is 2.19. The molecule has 0 aliphatic carbocycles. The highest BCUT2D eigenvalue weighted by Crippen LogP contribution is 2.18. The van der Waals surface area contributed by atoms with Crippen molar-refractivity contribution in [1.82, 2.24) is 0 Å². The summed E-state index contributed by atoms with van der Waals surface area (Å²) < 4.78 is 1.10. The van der Waals surface area contributed by atoms with Crippen LogP contribution in [0.15, 0.2) is 53.0 Å². The Kier molecular flexibility index (Phi) is 6.08. The fraction of sp³-hybridized carbons (Fsp3) is 0.294. The number of halogens is 1. The van der Waals surface area contributed by atoms with E-state index in [0.717, 1.165) is 28.9 Å². The number of nitrogens with one attached hydrogen (secondary N) is 1. The van der Waals surface area contributed by atoms with Crippen LogP contribution in [0.1, 0.15) is 12.5 Å². The zero-order chi connectivity index (χ0) is 15.1. The van der Waals surface area contributed by atoms with Crippen LogP contribution in [0.2, 0.25) is 0 Å². The number of aliphatic hydroxyl groups excluding tert-OH is 1. The first-order valence-electron chi connectivity index (χ1n) is 7.17. The summed E-state index contributed by atoms with van der Waals surface area (Å²) in [5, 5.41) is 12.5. The monoisotopic (exact) mass is 348 g/mol. The van der Waals surface area contributed by atoms with E-state index in [1.165, 1.54) is 5.56 Å². The Balaban J connectivity index is 1.94. The lowest BCUT2D eigenvalue weighted by atomic mass is 10.2. The van der Waals surface area contributed by atoms with E-state index in [9.17, 15) is 0 Å². The third-order valence-electron chi connectivity index (χ3n) is 3.39. The van der Waals surface area contributed by atoms with Crippen molar-refractivity contribution in [2.24, 2.45) is 0 Å². The van der Waals surface area contributed by atoms with Gasteiger partial charge in [-0.25, -0.2) is 0 Å². The summed E-state index contributed by atoms with van der Waals surface area (Å²) in [6.45, 7) is 4.64. The molecule has 0 heterocycles. The lowest BCUT2D eigenvalue weighted by Crippen LogP contribution is -2.25. The van der Waals surface area contributed by atoms with Crippen molar-refractivity contribution in [3.8, 4) is 0 Å². The van der Waals surface area contributed by atoms with Crippen LogP contribution in [0.3, 0.4) is 0 Å². The van der Waals surface area contributed by atoms with Gasteiger partial charge in [-0.3, -0.25) is 0 Å². The third-order valence-corrected chi connectivity index (χ3v) is 3.92. The molecular formula is C17H21BrN2O. The molecule has 0 aliphatic rings. The van der Waals surface area contributed by atoms with Gasteiger partial charge >= 0.3 is 0 Å². The molecule has 0 saturated heterocycles. The van der Waals surface area contributed by atoms with E-state index in [4.69, 9.17) is 5.11 Å². The Morgan fingerprint density at radius 1 is 1.05 bits per heavy atom. The van der Waals surface area contributed by atoms with E-state index in [-0.39, 0.29) is 6.61 Å². The first-order valence-corrected chi connectivity index (χ1v) is 7.96. The third kappa shape index (κ3) is 4.76. The zero-order valence-corrected chi connectivity index (χ0v) is 13.8. The van der Waals surface area contributed by atoms with E-state index < -0.39 is 0 Å². The maximum absolute atomic E-state index is 9.06. The Bertz CT molecular complexity index is 540. The van der Waals surface area contributed by atoms with Crippen molar-refractivity contribution in [3.05, 3.63) is 58.6 Å².